The number of carbonyl (C=O) groups excluding carboxylic acids is 2. The van der Waals surface area contributed by atoms with Crippen LogP contribution in [0.1, 0.15) is 63.0 Å². The molecule has 0 bridgehead atoms. The number of rotatable bonds is 9. The summed E-state index contributed by atoms with van der Waals surface area (Å²) in [6.07, 6.45) is 1.07. The number of aryl methyl sites for hydroxylation is 1. The number of nitrogens with zero attached hydrogens (tertiary/aromatic N) is 5. The maximum Gasteiger partial charge on any atom is 0.271 e. The SMILES string of the molecule is Cc1cc(C(=O)N[C@H]2C[C@H](c3cccc(F)c3)N(c3ccc4ncc(C(=O)NCC(F)F)n4n3)C2)c(=O)n(CC2CC2)c1C. The average Bonchev–Trinajstić information content (AvgIpc) is 3.56. The molecular weight excluding hydrogens is 575 g/mol. The van der Waals surface area contributed by atoms with Gasteiger partial charge in [-0.3, -0.25) is 14.4 Å². The van der Waals surface area contributed by atoms with Crippen LogP contribution >= 0.6 is 0 Å². The van der Waals surface area contributed by atoms with Gasteiger partial charge in [-0.25, -0.2) is 22.7 Å². The van der Waals surface area contributed by atoms with Crippen LogP contribution in [0.3, 0.4) is 0 Å². The molecule has 3 aromatic heterocycles. The van der Waals surface area contributed by atoms with E-state index in [0.717, 1.165) is 24.1 Å². The molecule has 2 atom stereocenters. The monoisotopic (exact) mass is 607 g/mol. The third-order valence-electron chi connectivity index (χ3n) is 8.36. The Morgan fingerprint density at radius 1 is 1.09 bits per heavy atom. The van der Waals surface area contributed by atoms with Crippen molar-refractivity contribution in [3.8, 4) is 0 Å². The van der Waals surface area contributed by atoms with Crippen molar-refractivity contribution < 1.29 is 22.8 Å². The van der Waals surface area contributed by atoms with Gasteiger partial charge in [0.2, 0.25) is 0 Å². The van der Waals surface area contributed by atoms with Gasteiger partial charge in [0, 0.05) is 24.8 Å². The van der Waals surface area contributed by atoms with Crippen molar-refractivity contribution in [2.75, 3.05) is 18.0 Å². The molecule has 10 nitrogen and oxygen atoms in total. The topological polar surface area (TPSA) is 114 Å². The van der Waals surface area contributed by atoms with Crippen molar-refractivity contribution in [3.63, 3.8) is 0 Å². The first-order chi connectivity index (χ1) is 21.1. The average molecular weight is 608 g/mol. The Morgan fingerprint density at radius 3 is 2.61 bits per heavy atom. The Hall–Kier alpha value is -4.68. The number of nitrogens with one attached hydrogen (secondary N) is 2. The number of fused-ring (bicyclic) bond motifs is 1. The van der Waals surface area contributed by atoms with Gasteiger partial charge in [0.1, 0.15) is 17.2 Å². The summed E-state index contributed by atoms with van der Waals surface area (Å²) in [6, 6.07) is 10.3. The Bertz CT molecular complexity index is 1800. The number of anilines is 1. The quantitative estimate of drug-likeness (QED) is 0.299. The van der Waals surface area contributed by atoms with E-state index >= 15 is 0 Å². The lowest BCUT2D eigenvalue weighted by molar-refractivity contribution is 0.0884. The van der Waals surface area contributed by atoms with E-state index in [4.69, 9.17) is 0 Å². The van der Waals surface area contributed by atoms with Crippen molar-refractivity contribution in [2.45, 2.75) is 58.2 Å². The molecule has 2 fully saturated rings. The van der Waals surface area contributed by atoms with E-state index in [1.54, 1.807) is 34.9 Å². The van der Waals surface area contributed by atoms with Gasteiger partial charge in [-0.1, -0.05) is 12.1 Å². The lowest BCUT2D eigenvalue weighted by Crippen LogP contribution is -2.41. The number of imidazole rings is 1. The molecule has 13 heteroatoms. The molecule has 4 heterocycles. The molecule has 1 aliphatic carbocycles. The Balaban J connectivity index is 1.30. The second-order valence-electron chi connectivity index (χ2n) is 11.5. The molecule has 2 amide bonds. The van der Waals surface area contributed by atoms with E-state index in [9.17, 15) is 27.6 Å². The van der Waals surface area contributed by atoms with Crippen LogP contribution in [0.2, 0.25) is 0 Å². The summed E-state index contributed by atoms with van der Waals surface area (Å²) in [5.74, 6) is -0.796. The van der Waals surface area contributed by atoms with Gasteiger partial charge >= 0.3 is 0 Å². The number of pyridine rings is 1. The predicted octanol–water partition coefficient (Wildman–Crippen LogP) is 3.80. The first-order valence-electron chi connectivity index (χ1n) is 14.5. The summed E-state index contributed by atoms with van der Waals surface area (Å²) in [6.45, 7) is 3.82. The number of hydrogen-bond donors (Lipinski definition) is 2. The third-order valence-corrected chi connectivity index (χ3v) is 8.36. The van der Waals surface area contributed by atoms with Gasteiger partial charge in [-0.15, -0.1) is 5.10 Å². The summed E-state index contributed by atoms with van der Waals surface area (Å²) in [7, 11) is 0. The molecule has 0 unspecified atom stereocenters. The molecule has 1 saturated carbocycles. The predicted molar refractivity (Wildman–Crippen MR) is 157 cm³/mol. The first kappa shape index (κ1) is 29.4. The lowest BCUT2D eigenvalue weighted by atomic mass is 10.0. The highest BCUT2D eigenvalue weighted by molar-refractivity contribution is 5.94. The minimum Gasteiger partial charge on any atom is -0.347 e. The molecule has 4 aromatic rings. The van der Waals surface area contributed by atoms with Crippen LogP contribution < -0.4 is 21.1 Å². The van der Waals surface area contributed by atoms with E-state index < -0.39 is 42.7 Å². The number of amides is 2. The minimum absolute atomic E-state index is 0.0222. The number of alkyl halides is 2. The van der Waals surface area contributed by atoms with Gasteiger partial charge in [0.05, 0.1) is 18.8 Å². The van der Waals surface area contributed by atoms with E-state index in [-0.39, 0.29) is 23.4 Å². The Kier molecular flexibility index (Phi) is 7.87. The number of halogens is 3. The van der Waals surface area contributed by atoms with Gasteiger partial charge in [-0.05, 0) is 80.5 Å². The van der Waals surface area contributed by atoms with Gasteiger partial charge in [0.25, 0.3) is 23.8 Å². The van der Waals surface area contributed by atoms with Crippen LogP contribution in [0.15, 0.2) is 53.5 Å². The van der Waals surface area contributed by atoms with Crippen LogP contribution in [0.4, 0.5) is 19.0 Å². The second kappa shape index (κ2) is 11.8. The van der Waals surface area contributed by atoms with Crippen LogP contribution in [0.5, 0.6) is 0 Å². The van der Waals surface area contributed by atoms with Crippen molar-refractivity contribution in [3.05, 3.63) is 92.9 Å². The Morgan fingerprint density at radius 2 is 1.89 bits per heavy atom. The standard InChI is InChI=1S/C31H32F3N7O3/c1-17-10-23(31(44)39(18(17)2)15-19-6-7-19)29(42)37-22-12-24(20-4-3-5-21(32)11-20)40(16-22)28-9-8-27-35-13-25(41(27)38-28)30(43)36-14-26(33)34/h3-5,8-11,13,19,22,24,26H,6-7,12,14-16H2,1-2H3,(H,36,43)(H,37,42)/t22-,24+/m0/s1. The van der Waals surface area contributed by atoms with Gasteiger partial charge < -0.3 is 20.1 Å². The van der Waals surface area contributed by atoms with Crippen LogP contribution in [0.25, 0.3) is 5.65 Å². The van der Waals surface area contributed by atoms with Crippen molar-refractivity contribution >= 4 is 23.3 Å². The zero-order valence-electron chi connectivity index (χ0n) is 24.3. The van der Waals surface area contributed by atoms with Crippen molar-refractivity contribution in [2.24, 2.45) is 5.92 Å². The highest BCUT2D eigenvalue weighted by Gasteiger charge is 2.36. The summed E-state index contributed by atoms with van der Waals surface area (Å²) in [5, 5.41) is 9.76. The zero-order valence-corrected chi connectivity index (χ0v) is 24.3. The molecule has 0 spiro atoms. The summed E-state index contributed by atoms with van der Waals surface area (Å²) in [4.78, 5) is 45.5. The van der Waals surface area contributed by atoms with E-state index in [2.05, 4.69) is 20.7 Å². The fourth-order valence-electron chi connectivity index (χ4n) is 5.75. The lowest BCUT2D eigenvalue weighted by Gasteiger charge is -2.26. The molecule has 1 saturated heterocycles. The normalized spacial score (nSPS) is 18.3. The number of carbonyl (C=O) groups is 2. The fourth-order valence-corrected chi connectivity index (χ4v) is 5.75. The highest BCUT2D eigenvalue weighted by Crippen LogP contribution is 2.36. The summed E-state index contributed by atoms with van der Waals surface area (Å²) in [5.41, 5.74) is 2.42. The maximum absolute atomic E-state index is 14.3. The third kappa shape index (κ3) is 5.90. The first-order valence-corrected chi connectivity index (χ1v) is 14.5. The fraction of sp³-hybridized carbons (Fsp3) is 0.387. The van der Waals surface area contributed by atoms with Crippen molar-refractivity contribution in [1.29, 1.82) is 0 Å². The van der Waals surface area contributed by atoms with Crippen LogP contribution in [0, 0.1) is 25.6 Å². The molecule has 44 heavy (non-hydrogen) atoms. The molecule has 6 rings (SSSR count). The minimum atomic E-state index is -2.71. The Labute approximate surface area is 250 Å². The zero-order chi connectivity index (χ0) is 31.1. The van der Waals surface area contributed by atoms with E-state index in [1.807, 2.05) is 18.7 Å². The summed E-state index contributed by atoms with van der Waals surface area (Å²) < 4.78 is 42.6. The van der Waals surface area contributed by atoms with Gasteiger partial charge in [0.15, 0.2) is 11.3 Å². The largest absolute Gasteiger partial charge is 0.347 e. The highest BCUT2D eigenvalue weighted by atomic mass is 19.3. The summed E-state index contributed by atoms with van der Waals surface area (Å²) >= 11 is 0. The number of aromatic nitrogens is 4. The van der Waals surface area contributed by atoms with E-state index in [1.165, 1.54) is 22.8 Å². The molecule has 2 N–H and O–H groups in total. The molecule has 2 aliphatic rings. The molecule has 1 aromatic carbocycles. The molecule has 0 radical (unpaired) electrons. The van der Waals surface area contributed by atoms with Crippen LogP contribution in [-0.4, -0.2) is 56.5 Å². The molecule has 1 aliphatic heterocycles. The van der Waals surface area contributed by atoms with Crippen LogP contribution in [-0.2, 0) is 6.54 Å². The number of hydrogen-bond acceptors (Lipinski definition) is 6. The smallest absolute Gasteiger partial charge is 0.271 e. The van der Waals surface area contributed by atoms with E-state index in [0.29, 0.717) is 35.9 Å². The van der Waals surface area contributed by atoms with Gasteiger partial charge in [-0.2, -0.15) is 0 Å². The maximum atomic E-state index is 14.3. The van der Waals surface area contributed by atoms with Crippen molar-refractivity contribution in [1.82, 2.24) is 29.8 Å². The second-order valence-corrected chi connectivity index (χ2v) is 11.5. The molecule has 230 valence electrons. The number of benzene rings is 1. The molecular formula is C31H32F3N7O3.